The van der Waals surface area contributed by atoms with Gasteiger partial charge in [-0.15, -0.1) is 0 Å². The minimum Gasteiger partial charge on any atom is -0.338 e. The molecular formula is C35H33N. The zero-order valence-corrected chi connectivity index (χ0v) is 21.8. The average molecular weight is 468 g/mol. The highest BCUT2D eigenvalue weighted by Gasteiger charge is 2.35. The molecular weight excluding hydrogens is 434 g/mol. The minimum absolute atomic E-state index is 0.0224. The SMILES string of the molecule is Cc1cc2c(cc1-c1ccc(N(c3ccccc3)C(C)C)c3ccccc13)-c1ccccc1C2(C)C. The molecule has 0 atom stereocenters. The monoisotopic (exact) mass is 467 g/mol. The zero-order chi connectivity index (χ0) is 25.0. The van der Waals surface area contributed by atoms with Crippen molar-refractivity contribution in [3.8, 4) is 22.3 Å². The first-order valence-electron chi connectivity index (χ1n) is 13.0. The Hall–Kier alpha value is -3.84. The summed E-state index contributed by atoms with van der Waals surface area (Å²) in [5, 5.41) is 2.58. The van der Waals surface area contributed by atoms with Crippen molar-refractivity contribution in [1.29, 1.82) is 0 Å². The highest BCUT2D eigenvalue weighted by Crippen LogP contribution is 2.51. The van der Waals surface area contributed by atoms with E-state index < -0.39 is 0 Å². The van der Waals surface area contributed by atoms with Crippen molar-refractivity contribution < 1.29 is 0 Å². The van der Waals surface area contributed by atoms with Crippen molar-refractivity contribution in [2.75, 3.05) is 4.90 Å². The van der Waals surface area contributed by atoms with Gasteiger partial charge < -0.3 is 4.90 Å². The van der Waals surface area contributed by atoms with Crippen molar-refractivity contribution in [3.05, 3.63) is 120 Å². The molecule has 5 aromatic carbocycles. The molecule has 0 spiro atoms. The van der Waals surface area contributed by atoms with Gasteiger partial charge >= 0.3 is 0 Å². The normalized spacial score (nSPS) is 13.6. The lowest BCUT2D eigenvalue weighted by Gasteiger charge is -2.31. The summed E-state index contributed by atoms with van der Waals surface area (Å²) in [6, 6.07) is 38.4. The molecule has 0 aliphatic heterocycles. The first-order valence-corrected chi connectivity index (χ1v) is 13.0. The Labute approximate surface area is 215 Å². The van der Waals surface area contributed by atoms with Crippen LogP contribution in [0.25, 0.3) is 33.0 Å². The van der Waals surface area contributed by atoms with Crippen LogP contribution in [0.4, 0.5) is 11.4 Å². The minimum atomic E-state index is 0.0224. The van der Waals surface area contributed by atoms with E-state index in [0.29, 0.717) is 6.04 Å². The van der Waals surface area contributed by atoms with E-state index in [-0.39, 0.29) is 5.41 Å². The van der Waals surface area contributed by atoms with E-state index in [2.05, 4.69) is 143 Å². The summed E-state index contributed by atoms with van der Waals surface area (Å²) < 4.78 is 0. The van der Waals surface area contributed by atoms with Gasteiger partial charge in [0.2, 0.25) is 0 Å². The van der Waals surface area contributed by atoms with Gasteiger partial charge in [0.25, 0.3) is 0 Å². The molecule has 36 heavy (non-hydrogen) atoms. The first-order chi connectivity index (χ1) is 17.4. The van der Waals surface area contributed by atoms with Gasteiger partial charge in [0, 0.05) is 28.2 Å². The Morgan fingerprint density at radius 3 is 2.00 bits per heavy atom. The molecule has 0 aromatic heterocycles. The second kappa shape index (κ2) is 8.38. The number of hydrogen-bond acceptors (Lipinski definition) is 1. The van der Waals surface area contributed by atoms with Crippen molar-refractivity contribution in [2.24, 2.45) is 0 Å². The van der Waals surface area contributed by atoms with Gasteiger partial charge in [-0.2, -0.15) is 0 Å². The fraction of sp³-hybridized carbons (Fsp3) is 0.200. The number of anilines is 2. The van der Waals surface area contributed by atoms with E-state index in [4.69, 9.17) is 0 Å². The smallest absolute Gasteiger partial charge is 0.0493 e. The van der Waals surface area contributed by atoms with E-state index in [1.165, 1.54) is 61.1 Å². The topological polar surface area (TPSA) is 3.24 Å². The molecule has 0 amide bonds. The second-order valence-corrected chi connectivity index (χ2v) is 10.9. The number of hydrogen-bond donors (Lipinski definition) is 0. The van der Waals surface area contributed by atoms with Crippen LogP contribution in [0.5, 0.6) is 0 Å². The van der Waals surface area contributed by atoms with Crippen LogP contribution in [-0.2, 0) is 5.41 Å². The molecule has 6 rings (SSSR count). The van der Waals surface area contributed by atoms with E-state index in [9.17, 15) is 0 Å². The number of nitrogens with zero attached hydrogens (tertiary/aromatic N) is 1. The summed E-state index contributed by atoms with van der Waals surface area (Å²) in [5.74, 6) is 0. The van der Waals surface area contributed by atoms with Crippen molar-refractivity contribution in [3.63, 3.8) is 0 Å². The average Bonchev–Trinajstić information content (AvgIpc) is 3.10. The third-order valence-electron chi connectivity index (χ3n) is 7.93. The fourth-order valence-electron chi connectivity index (χ4n) is 6.18. The standard InChI is InChI=1S/C35H33N/c1-23(2)36(25-13-7-6-8-14-25)34-20-19-27(26-15-9-10-17-29(26)34)30-22-31-28-16-11-12-18-32(28)35(4,5)33(31)21-24(30)3/h6-23H,1-5H3. The third-order valence-corrected chi connectivity index (χ3v) is 7.93. The molecule has 0 radical (unpaired) electrons. The van der Waals surface area contributed by atoms with Crippen LogP contribution in [-0.4, -0.2) is 6.04 Å². The van der Waals surface area contributed by atoms with Gasteiger partial charge in [0.05, 0.1) is 0 Å². The lowest BCUT2D eigenvalue weighted by molar-refractivity contribution is 0.660. The van der Waals surface area contributed by atoms with Gasteiger partial charge in [0.1, 0.15) is 0 Å². The Kier molecular flexibility index (Phi) is 5.26. The van der Waals surface area contributed by atoms with Crippen LogP contribution >= 0.6 is 0 Å². The van der Waals surface area contributed by atoms with Gasteiger partial charge in [-0.3, -0.25) is 0 Å². The zero-order valence-electron chi connectivity index (χ0n) is 21.8. The summed E-state index contributed by atoms with van der Waals surface area (Å²) >= 11 is 0. The molecule has 0 bridgehead atoms. The fourth-order valence-corrected chi connectivity index (χ4v) is 6.18. The molecule has 1 aliphatic carbocycles. The lowest BCUT2D eigenvalue weighted by Crippen LogP contribution is -2.25. The molecule has 0 fully saturated rings. The number of para-hydroxylation sites is 1. The molecule has 0 unspecified atom stereocenters. The quantitative estimate of drug-likeness (QED) is 0.254. The summed E-state index contributed by atoms with van der Waals surface area (Å²) in [5.41, 5.74) is 12.0. The summed E-state index contributed by atoms with van der Waals surface area (Å²) in [6.07, 6.45) is 0. The van der Waals surface area contributed by atoms with Crippen LogP contribution < -0.4 is 4.90 Å². The third kappa shape index (κ3) is 3.38. The summed E-state index contributed by atoms with van der Waals surface area (Å²) in [7, 11) is 0. The van der Waals surface area contributed by atoms with Crippen LogP contribution in [0, 0.1) is 6.92 Å². The maximum absolute atomic E-state index is 2.44. The summed E-state index contributed by atoms with van der Waals surface area (Å²) in [4.78, 5) is 2.44. The maximum atomic E-state index is 2.44. The van der Waals surface area contributed by atoms with Crippen LogP contribution in [0.2, 0.25) is 0 Å². The van der Waals surface area contributed by atoms with Crippen molar-refractivity contribution in [1.82, 2.24) is 0 Å². The second-order valence-electron chi connectivity index (χ2n) is 10.9. The van der Waals surface area contributed by atoms with Crippen molar-refractivity contribution in [2.45, 2.75) is 46.1 Å². The highest BCUT2D eigenvalue weighted by atomic mass is 15.2. The molecule has 0 saturated heterocycles. The maximum Gasteiger partial charge on any atom is 0.0493 e. The Morgan fingerprint density at radius 2 is 1.25 bits per heavy atom. The van der Waals surface area contributed by atoms with E-state index in [1.807, 2.05) is 0 Å². The molecule has 0 N–H and O–H groups in total. The number of rotatable bonds is 4. The molecule has 1 nitrogen and oxygen atoms in total. The Balaban J connectivity index is 1.57. The number of fused-ring (bicyclic) bond motifs is 4. The lowest BCUT2D eigenvalue weighted by atomic mass is 9.81. The van der Waals surface area contributed by atoms with Gasteiger partial charge in [0.15, 0.2) is 0 Å². The molecule has 178 valence electrons. The Bertz CT molecular complexity index is 1590. The first kappa shape index (κ1) is 22.6. The van der Waals surface area contributed by atoms with E-state index in [1.54, 1.807) is 0 Å². The number of benzene rings is 5. The largest absolute Gasteiger partial charge is 0.338 e. The Morgan fingerprint density at radius 1 is 0.583 bits per heavy atom. The predicted molar refractivity (Wildman–Crippen MR) is 155 cm³/mol. The molecule has 5 aromatic rings. The van der Waals surface area contributed by atoms with Crippen LogP contribution in [0.15, 0.2) is 103 Å². The molecule has 0 heterocycles. The molecule has 1 heteroatoms. The van der Waals surface area contributed by atoms with Crippen molar-refractivity contribution >= 4 is 22.1 Å². The van der Waals surface area contributed by atoms with E-state index in [0.717, 1.165) is 0 Å². The van der Waals surface area contributed by atoms with Crippen LogP contribution in [0.3, 0.4) is 0 Å². The summed E-state index contributed by atoms with van der Waals surface area (Å²) in [6.45, 7) is 11.5. The van der Waals surface area contributed by atoms with Gasteiger partial charge in [-0.05, 0) is 89.4 Å². The molecule has 1 aliphatic rings. The van der Waals surface area contributed by atoms with Gasteiger partial charge in [-0.1, -0.05) is 92.7 Å². The highest BCUT2D eigenvalue weighted by molar-refractivity contribution is 6.05. The number of aryl methyl sites for hydroxylation is 1. The van der Waals surface area contributed by atoms with Crippen LogP contribution in [0.1, 0.15) is 44.4 Å². The molecule has 0 saturated carbocycles. The predicted octanol–water partition coefficient (Wildman–Crippen LogP) is 9.67. The van der Waals surface area contributed by atoms with Gasteiger partial charge in [-0.25, -0.2) is 0 Å². The van der Waals surface area contributed by atoms with E-state index >= 15 is 0 Å².